The van der Waals surface area contributed by atoms with Crippen molar-refractivity contribution in [3.05, 3.63) is 51.3 Å². The molecular formula is C15H16N4O2. The van der Waals surface area contributed by atoms with Crippen LogP contribution in [0.1, 0.15) is 30.3 Å². The van der Waals surface area contributed by atoms with Crippen LogP contribution in [-0.4, -0.2) is 14.9 Å². The Morgan fingerprint density at radius 3 is 2.95 bits per heavy atom. The van der Waals surface area contributed by atoms with Crippen molar-refractivity contribution in [3.8, 4) is 11.4 Å². The molecular weight excluding hydrogens is 268 g/mol. The molecule has 1 aromatic heterocycles. The number of nitro groups is 1. The number of nitrogens with one attached hydrogen (secondary N) is 1. The Balaban J connectivity index is 2.08. The number of nitrogens with zero attached hydrogens (tertiary/aromatic N) is 3. The molecule has 0 radical (unpaired) electrons. The molecule has 0 amide bonds. The van der Waals surface area contributed by atoms with E-state index in [1.165, 1.54) is 17.7 Å². The molecule has 0 aliphatic carbocycles. The quantitative estimate of drug-likeness (QED) is 0.689. The number of non-ortho nitro benzene ring substituents is 1. The van der Waals surface area contributed by atoms with Gasteiger partial charge in [0.15, 0.2) is 5.82 Å². The van der Waals surface area contributed by atoms with Crippen molar-refractivity contribution in [1.29, 1.82) is 0 Å². The van der Waals surface area contributed by atoms with Gasteiger partial charge in [-0.1, -0.05) is 25.5 Å². The van der Waals surface area contributed by atoms with Crippen LogP contribution in [0.15, 0.2) is 24.3 Å². The molecule has 0 saturated carbocycles. The fourth-order valence-corrected chi connectivity index (χ4v) is 2.57. The van der Waals surface area contributed by atoms with Crippen molar-refractivity contribution in [2.75, 3.05) is 0 Å². The topological polar surface area (TPSA) is 81.0 Å². The second-order valence-corrected chi connectivity index (χ2v) is 5.08. The number of rotatable bonds is 4. The normalized spacial score (nSPS) is 13.2. The highest BCUT2D eigenvalue weighted by Crippen LogP contribution is 2.25. The summed E-state index contributed by atoms with van der Waals surface area (Å²) in [6, 6.07) is 6.49. The summed E-state index contributed by atoms with van der Waals surface area (Å²) in [6.45, 7) is 3.65. The highest BCUT2D eigenvalue weighted by atomic mass is 16.6. The monoisotopic (exact) mass is 284 g/mol. The van der Waals surface area contributed by atoms with Gasteiger partial charge in [-0.3, -0.25) is 10.1 Å². The molecule has 0 fully saturated rings. The maximum absolute atomic E-state index is 10.9. The fourth-order valence-electron chi connectivity index (χ4n) is 2.57. The van der Waals surface area contributed by atoms with Crippen LogP contribution >= 0.6 is 0 Å². The Morgan fingerprint density at radius 1 is 1.33 bits per heavy atom. The molecule has 6 heteroatoms. The zero-order valence-electron chi connectivity index (χ0n) is 11.8. The predicted octanol–water partition coefficient (Wildman–Crippen LogP) is 2.61. The lowest BCUT2D eigenvalue weighted by Crippen LogP contribution is -2.03. The van der Waals surface area contributed by atoms with Crippen LogP contribution in [0.4, 0.5) is 5.69 Å². The lowest BCUT2D eigenvalue weighted by molar-refractivity contribution is -0.384. The second kappa shape index (κ2) is 5.57. The van der Waals surface area contributed by atoms with E-state index in [0.29, 0.717) is 11.4 Å². The number of hydrogen-bond acceptors (Lipinski definition) is 5. The van der Waals surface area contributed by atoms with Gasteiger partial charge in [0.2, 0.25) is 0 Å². The molecule has 3 rings (SSSR count). The SMILES string of the molecule is CCCc1nc(-c2cccc([N+](=O)[O-])c2)nc2c1CNC2. The zero-order valence-corrected chi connectivity index (χ0v) is 11.8. The average molecular weight is 284 g/mol. The molecule has 1 aromatic carbocycles. The molecule has 0 saturated heterocycles. The first-order valence-electron chi connectivity index (χ1n) is 7.03. The van der Waals surface area contributed by atoms with E-state index in [1.54, 1.807) is 6.07 Å². The molecule has 1 N–H and O–H groups in total. The minimum absolute atomic E-state index is 0.0618. The van der Waals surface area contributed by atoms with Crippen LogP contribution in [0.5, 0.6) is 0 Å². The number of fused-ring (bicyclic) bond motifs is 1. The molecule has 0 spiro atoms. The van der Waals surface area contributed by atoms with Gasteiger partial charge in [-0.05, 0) is 6.42 Å². The fraction of sp³-hybridized carbons (Fsp3) is 0.333. The summed E-state index contributed by atoms with van der Waals surface area (Å²) in [7, 11) is 0. The molecule has 2 heterocycles. The standard InChI is InChI=1S/C15H16N4O2/c1-2-4-13-12-8-16-9-14(12)18-15(17-13)10-5-3-6-11(7-10)19(20)21/h3,5-7,16H,2,4,8-9H2,1H3. The predicted molar refractivity (Wildman–Crippen MR) is 78.7 cm³/mol. The van der Waals surface area contributed by atoms with Gasteiger partial charge < -0.3 is 5.32 Å². The van der Waals surface area contributed by atoms with Crippen molar-refractivity contribution in [2.24, 2.45) is 0 Å². The van der Waals surface area contributed by atoms with Crippen LogP contribution in [-0.2, 0) is 19.5 Å². The van der Waals surface area contributed by atoms with Crippen LogP contribution < -0.4 is 5.32 Å². The summed E-state index contributed by atoms with van der Waals surface area (Å²) >= 11 is 0. The molecule has 0 bridgehead atoms. The molecule has 108 valence electrons. The molecule has 1 aliphatic rings. The highest BCUT2D eigenvalue weighted by Gasteiger charge is 2.19. The Bertz CT molecular complexity index is 700. The first-order valence-corrected chi connectivity index (χ1v) is 7.03. The number of nitro benzene ring substituents is 1. The minimum atomic E-state index is -0.397. The third kappa shape index (κ3) is 2.62. The summed E-state index contributed by atoms with van der Waals surface area (Å²) in [5, 5.41) is 14.2. The van der Waals surface area contributed by atoms with Gasteiger partial charge in [0.1, 0.15) is 0 Å². The van der Waals surface area contributed by atoms with Crippen LogP contribution in [0.2, 0.25) is 0 Å². The molecule has 0 unspecified atom stereocenters. The van der Waals surface area contributed by atoms with Gasteiger partial charge in [-0.15, -0.1) is 0 Å². The van der Waals surface area contributed by atoms with Gasteiger partial charge in [-0.25, -0.2) is 9.97 Å². The highest BCUT2D eigenvalue weighted by molar-refractivity contribution is 5.60. The average Bonchev–Trinajstić information content (AvgIpc) is 2.96. The maximum Gasteiger partial charge on any atom is 0.270 e. The van der Waals surface area contributed by atoms with Gasteiger partial charge in [0.25, 0.3) is 5.69 Å². The van der Waals surface area contributed by atoms with E-state index in [9.17, 15) is 10.1 Å². The summed E-state index contributed by atoms with van der Waals surface area (Å²) in [6.07, 6.45) is 1.91. The van der Waals surface area contributed by atoms with Crippen LogP contribution in [0.3, 0.4) is 0 Å². The molecule has 21 heavy (non-hydrogen) atoms. The summed E-state index contributed by atoms with van der Waals surface area (Å²) in [4.78, 5) is 19.7. The number of benzene rings is 1. The van der Waals surface area contributed by atoms with E-state index >= 15 is 0 Å². The van der Waals surface area contributed by atoms with Crippen LogP contribution in [0, 0.1) is 10.1 Å². The van der Waals surface area contributed by atoms with E-state index in [0.717, 1.165) is 37.3 Å². The van der Waals surface area contributed by atoms with Crippen molar-refractivity contribution in [1.82, 2.24) is 15.3 Å². The molecule has 2 aromatic rings. The molecule has 1 aliphatic heterocycles. The van der Waals surface area contributed by atoms with Gasteiger partial charge in [-0.2, -0.15) is 0 Å². The third-order valence-electron chi connectivity index (χ3n) is 3.57. The van der Waals surface area contributed by atoms with E-state index in [1.807, 2.05) is 6.07 Å². The van der Waals surface area contributed by atoms with Crippen molar-refractivity contribution < 1.29 is 4.92 Å². The second-order valence-electron chi connectivity index (χ2n) is 5.08. The van der Waals surface area contributed by atoms with Crippen molar-refractivity contribution in [2.45, 2.75) is 32.9 Å². The Morgan fingerprint density at radius 2 is 2.19 bits per heavy atom. The van der Waals surface area contributed by atoms with Crippen LogP contribution in [0.25, 0.3) is 11.4 Å². The lowest BCUT2D eigenvalue weighted by atomic mass is 10.1. The van der Waals surface area contributed by atoms with E-state index in [4.69, 9.17) is 0 Å². The maximum atomic E-state index is 10.9. The smallest absolute Gasteiger partial charge is 0.270 e. The van der Waals surface area contributed by atoms with Gasteiger partial charge in [0.05, 0.1) is 10.6 Å². The largest absolute Gasteiger partial charge is 0.307 e. The van der Waals surface area contributed by atoms with E-state index in [-0.39, 0.29) is 5.69 Å². The lowest BCUT2D eigenvalue weighted by Gasteiger charge is -2.09. The summed E-state index contributed by atoms with van der Waals surface area (Å²) in [5.41, 5.74) is 4.00. The minimum Gasteiger partial charge on any atom is -0.307 e. The number of hydrogen-bond donors (Lipinski definition) is 1. The van der Waals surface area contributed by atoms with E-state index < -0.39 is 4.92 Å². The summed E-state index contributed by atoms with van der Waals surface area (Å²) in [5.74, 6) is 0.574. The molecule has 0 atom stereocenters. The molecule has 6 nitrogen and oxygen atoms in total. The van der Waals surface area contributed by atoms with Gasteiger partial charge in [0, 0.05) is 42.0 Å². The van der Waals surface area contributed by atoms with Crippen molar-refractivity contribution in [3.63, 3.8) is 0 Å². The zero-order chi connectivity index (χ0) is 14.8. The number of aryl methyl sites for hydroxylation is 1. The first-order chi connectivity index (χ1) is 10.2. The Labute approximate surface area is 122 Å². The third-order valence-corrected chi connectivity index (χ3v) is 3.57. The Kier molecular flexibility index (Phi) is 3.62. The summed E-state index contributed by atoms with van der Waals surface area (Å²) < 4.78 is 0. The van der Waals surface area contributed by atoms with Gasteiger partial charge >= 0.3 is 0 Å². The van der Waals surface area contributed by atoms with Crippen molar-refractivity contribution >= 4 is 5.69 Å². The first kappa shape index (κ1) is 13.6. The number of aromatic nitrogens is 2. The van der Waals surface area contributed by atoms with E-state index in [2.05, 4.69) is 22.2 Å². The Hall–Kier alpha value is -2.34.